The molecule has 3 N–H and O–H groups in total. The zero-order chi connectivity index (χ0) is 8.48. The van der Waals surface area contributed by atoms with E-state index in [4.69, 9.17) is 26.7 Å². The molecule has 0 bridgehead atoms. The van der Waals surface area contributed by atoms with Gasteiger partial charge in [0.05, 0.1) is 0 Å². The molecule has 0 saturated heterocycles. The van der Waals surface area contributed by atoms with E-state index in [1.165, 1.54) is 18.2 Å². The van der Waals surface area contributed by atoms with E-state index in [1.54, 1.807) is 0 Å². The topological polar surface area (TPSA) is 73.6 Å². The van der Waals surface area contributed by atoms with Crippen LogP contribution in [0.2, 0.25) is 5.15 Å². The molecule has 1 aromatic rings. The molecule has 1 rings (SSSR count). The summed E-state index contributed by atoms with van der Waals surface area (Å²) in [6.07, 6.45) is 0. The molecule has 0 spiro atoms. The predicted octanol–water partition coefficient (Wildman–Crippen LogP) is -1.14. The first kappa shape index (κ1) is 8.48. The molecule has 0 amide bonds. The van der Waals surface area contributed by atoms with Gasteiger partial charge in [-0.15, -0.1) is 0 Å². The SMILES string of the molecule is O[B-](O)(O)c1cccc(Cl)n1. The molecule has 0 aliphatic heterocycles. The fraction of sp³-hybridized carbons (Fsp3) is 0. The van der Waals surface area contributed by atoms with E-state index >= 15 is 0 Å². The van der Waals surface area contributed by atoms with Crippen LogP contribution in [0.25, 0.3) is 0 Å². The highest BCUT2D eigenvalue weighted by Gasteiger charge is 2.19. The molecule has 0 atom stereocenters. The van der Waals surface area contributed by atoms with Gasteiger partial charge in [0.15, 0.2) is 0 Å². The first-order chi connectivity index (χ1) is 5.00. The summed E-state index contributed by atoms with van der Waals surface area (Å²) in [4.78, 5) is 3.49. The first-order valence-corrected chi connectivity index (χ1v) is 3.32. The van der Waals surface area contributed by atoms with Gasteiger partial charge in [0, 0.05) is 0 Å². The van der Waals surface area contributed by atoms with Gasteiger partial charge in [0.25, 0.3) is 0 Å². The van der Waals surface area contributed by atoms with Crippen molar-refractivity contribution in [3.05, 3.63) is 23.4 Å². The van der Waals surface area contributed by atoms with Crippen molar-refractivity contribution in [2.45, 2.75) is 0 Å². The standard InChI is InChI=1S/C5H6BClNO3/c7-5-3-1-2-4(8-5)6(9,10)11/h1-3,9-11H/q-1. The van der Waals surface area contributed by atoms with Crippen LogP contribution in [-0.2, 0) is 0 Å². The Balaban J connectivity index is 3.06. The summed E-state index contributed by atoms with van der Waals surface area (Å²) in [5.74, 6) is 0. The van der Waals surface area contributed by atoms with Gasteiger partial charge in [0.2, 0.25) is 0 Å². The molecule has 0 unspecified atom stereocenters. The highest BCUT2D eigenvalue weighted by molar-refractivity contribution is 6.70. The van der Waals surface area contributed by atoms with Crippen LogP contribution in [0.1, 0.15) is 0 Å². The van der Waals surface area contributed by atoms with Gasteiger partial charge in [-0.2, -0.15) is 0 Å². The molecule has 11 heavy (non-hydrogen) atoms. The Morgan fingerprint density at radius 1 is 1.27 bits per heavy atom. The second-order valence-corrected chi connectivity index (χ2v) is 2.51. The summed E-state index contributed by atoms with van der Waals surface area (Å²) < 4.78 is 0. The third-order valence-corrected chi connectivity index (χ3v) is 1.34. The number of aromatic nitrogens is 1. The predicted molar refractivity (Wildman–Crippen MR) is 41.3 cm³/mol. The Hall–Kier alpha value is -0.615. The third-order valence-electron chi connectivity index (χ3n) is 1.13. The van der Waals surface area contributed by atoms with Crippen LogP contribution in [0, 0.1) is 0 Å². The fourth-order valence-corrected chi connectivity index (χ4v) is 0.810. The number of rotatable bonds is 1. The number of hydrogen-bond acceptors (Lipinski definition) is 4. The van der Waals surface area contributed by atoms with E-state index in [2.05, 4.69) is 4.98 Å². The van der Waals surface area contributed by atoms with E-state index in [0.717, 1.165) is 0 Å². The lowest BCUT2D eigenvalue weighted by atomic mass is 9.75. The quantitative estimate of drug-likeness (QED) is 0.372. The van der Waals surface area contributed by atoms with E-state index in [-0.39, 0.29) is 10.7 Å². The largest absolute Gasteiger partial charge is 0.555 e. The molecular weight excluding hydrogens is 168 g/mol. The summed E-state index contributed by atoms with van der Waals surface area (Å²) in [5.41, 5.74) is -0.238. The molecular formula is C5H6BClNO3-. The molecule has 0 aliphatic carbocycles. The molecule has 6 heteroatoms. The molecule has 0 saturated carbocycles. The number of hydrogen-bond donors (Lipinski definition) is 3. The summed E-state index contributed by atoms with van der Waals surface area (Å²) >= 11 is 5.42. The van der Waals surface area contributed by atoms with Gasteiger partial charge >= 0.3 is 6.75 Å². The minimum atomic E-state index is -3.52. The van der Waals surface area contributed by atoms with Crippen molar-refractivity contribution < 1.29 is 15.1 Å². The van der Waals surface area contributed by atoms with Crippen LogP contribution in [0.4, 0.5) is 0 Å². The highest BCUT2D eigenvalue weighted by atomic mass is 35.5. The Morgan fingerprint density at radius 2 is 1.91 bits per heavy atom. The van der Waals surface area contributed by atoms with Crippen LogP contribution in [0.3, 0.4) is 0 Å². The molecule has 0 aromatic carbocycles. The van der Waals surface area contributed by atoms with Crippen LogP contribution in [-0.4, -0.2) is 26.8 Å². The van der Waals surface area contributed by atoms with Crippen LogP contribution in [0.15, 0.2) is 18.2 Å². The first-order valence-electron chi connectivity index (χ1n) is 2.94. The average molecular weight is 174 g/mol. The second kappa shape index (κ2) is 2.79. The summed E-state index contributed by atoms with van der Waals surface area (Å²) in [6.45, 7) is -3.52. The van der Waals surface area contributed by atoms with Crippen molar-refractivity contribution in [3.63, 3.8) is 0 Å². The smallest absolute Gasteiger partial charge is 0.420 e. The molecule has 0 radical (unpaired) electrons. The zero-order valence-electron chi connectivity index (χ0n) is 5.48. The molecule has 0 aliphatic rings. The Bertz CT molecular complexity index is 262. The van der Waals surface area contributed by atoms with Crippen LogP contribution >= 0.6 is 11.6 Å². The maximum absolute atomic E-state index is 8.67. The Kier molecular flexibility index (Phi) is 2.15. The summed E-state index contributed by atoms with van der Waals surface area (Å²) in [5, 5.41) is 26.1. The van der Waals surface area contributed by atoms with Gasteiger partial charge in [0.1, 0.15) is 5.15 Å². The Labute approximate surface area is 68.1 Å². The van der Waals surface area contributed by atoms with Gasteiger partial charge in [-0.3, -0.25) is 4.98 Å². The van der Waals surface area contributed by atoms with E-state index < -0.39 is 6.75 Å². The number of pyridine rings is 1. The second-order valence-electron chi connectivity index (χ2n) is 2.12. The van der Waals surface area contributed by atoms with E-state index in [1.807, 2.05) is 0 Å². The minimum absolute atomic E-state index is 0.103. The third kappa shape index (κ3) is 2.16. The average Bonchev–Trinajstić information content (AvgIpc) is 1.86. The fourth-order valence-electron chi connectivity index (χ4n) is 0.640. The van der Waals surface area contributed by atoms with E-state index in [9.17, 15) is 0 Å². The lowest BCUT2D eigenvalue weighted by Crippen LogP contribution is -2.50. The maximum atomic E-state index is 8.67. The van der Waals surface area contributed by atoms with Crippen molar-refractivity contribution in [2.75, 3.05) is 0 Å². The lowest BCUT2D eigenvalue weighted by Gasteiger charge is -2.19. The number of nitrogens with zero attached hydrogens (tertiary/aromatic N) is 1. The number of halogens is 1. The van der Waals surface area contributed by atoms with Gasteiger partial charge in [-0.25, -0.2) is 0 Å². The molecule has 4 nitrogen and oxygen atoms in total. The molecule has 0 fully saturated rings. The van der Waals surface area contributed by atoms with Crippen molar-refractivity contribution >= 4 is 23.9 Å². The van der Waals surface area contributed by atoms with E-state index in [0.29, 0.717) is 0 Å². The van der Waals surface area contributed by atoms with Crippen molar-refractivity contribution in [1.29, 1.82) is 0 Å². The summed E-state index contributed by atoms with van der Waals surface area (Å²) in [7, 11) is 0. The molecule has 1 aromatic heterocycles. The van der Waals surface area contributed by atoms with Crippen molar-refractivity contribution in [2.24, 2.45) is 0 Å². The molecule has 60 valence electrons. The van der Waals surface area contributed by atoms with Crippen molar-refractivity contribution in [3.8, 4) is 0 Å². The van der Waals surface area contributed by atoms with Gasteiger partial charge in [-0.05, 0) is 11.7 Å². The van der Waals surface area contributed by atoms with Crippen LogP contribution < -0.4 is 5.59 Å². The monoisotopic (exact) mass is 174 g/mol. The van der Waals surface area contributed by atoms with Crippen LogP contribution in [0.5, 0.6) is 0 Å². The van der Waals surface area contributed by atoms with Gasteiger partial charge < -0.3 is 15.1 Å². The normalized spacial score (nSPS) is 11.6. The zero-order valence-corrected chi connectivity index (χ0v) is 6.23. The lowest BCUT2D eigenvalue weighted by molar-refractivity contribution is 0.248. The highest BCUT2D eigenvalue weighted by Crippen LogP contribution is 2.00. The maximum Gasteiger partial charge on any atom is 0.420 e. The minimum Gasteiger partial charge on any atom is -0.555 e. The Morgan fingerprint density at radius 3 is 2.27 bits per heavy atom. The molecule has 1 heterocycles. The van der Waals surface area contributed by atoms with Gasteiger partial charge in [-0.1, -0.05) is 23.7 Å². The summed E-state index contributed by atoms with van der Waals surface area (Å²) in [6, 6.07) is 4.20. The van der Waals surface area contributed by atoms with Crippen molar-refractivity contribution in [1.82, 2.24) is 4.98 Å².